The van der Waals surface area contributed by atoms with Gasteiger partial charge in [-0.1, -0.05) is 25.0 Å². The van der Waals surface area contributed by atoms with Gasteiger partial charge in [0.05, 0.1) is 23.6 Å². The van der Waals surface area contributed by atoms with Crippen LogP contribution in [0.5, 0.6) is 0 Å². The van der Waals surface area contributed by atoms with Gasteiger partial charge in [-0.3, -0.25) is 4.79 Å². The number of nitrogens with one attached hydrogen (secondary N) is 3. The molecule has 4 rings (SSSR count). The third-order valence-corrected chi connectivity index (χ3v) is 5.05. The van der Waals surface area contributed by atoms with Crippen molar-refractivity contribution >= 4 is 41.8 Å². The normalized spacial score (nSPS) is 25.4. The van der Waals surface area contributed by atoms with E-state index in [4.69, 9.17) is 0 Å². The van der Waals surface area contributed by atoms with Crippen LogP contribution in [0.1, 0.15) is 37.9 Å². The van der Waals surface area contributed by atoms with E-state index in [-0.39, 0.29) is 36.8 Å². The van der Waals surface area contributed by atoms with Gasteiger partial charge in [0.2, 0.25) is 5.91 Å². The first-order chi connectivity index (χ1) is 10.8. The van der Waals surface area contributed by atoms with Crippen molar-refractivity contribution in [1.29, 1.82) is 0 Å². The number of carbonyl (C=O) groups excluding carboxylic acids is 1. The molecule has 1 amide bonds. The highest BCUT2D eigenvalue weighted by Crippen LogP contribution is 2.33. The molecule has 0 spiro atoms. The zero-order chi connectivity index (χ0) is 14.9. The minimum Gasteiger partial charge on any atom is -0.348 e. The summed E-state index contributed by atoms with van der Waals surface area (Å²) < 4.78 is 0. The molecule has 1 aliphatic heterocycles. The largest absolute Gasteiger partial charge is 0.348 e. The number of aromatic amines is 1. The second kappa shape index (κ2) is 8.19. The number of hydrogen-bond donors (Lipinski definition) is 3. The van der Waals surface area contributed by atoms with E-state index in [1.807, 2.05) is 24.3 Å². The molecule has 3 unspecified atom stereocenters. The summed E-state index contributed by atoms with van der Waals surface area (Å²) in [5.74, 6) is 1.61. The van der Waals surface area contributed by atoms with Crippen LogP contribution in [0.2, 0.25) is 0 Å². The Morgan fingerprint density at radius 2 is 2.00 bits per heavy atom. The van der Waals surface area contributed by atoms with Crippen LogP contribution < -0.4 is 10.6 Å². The van der Waals surface area contributed by atoms with Crippen LogP contribution in [-0.4, -0.2) is 28.0 Å². The van der Waals surface area contributed by atoms with E-state index in [9.17, 15) is 4.79 Å². The molecule has 7 heteroatoms. The van der Waals surface area contributed by atoms with E-state index >= 15 is 0 Å². The Labute approximate surface area is 154 Å². The standard InChI is InChI=1S/C17H22N4O.2ClH/c22-17(15-9-11-5-1-2-6-12(11)19-15)18-10-16-20-13-7-3-4-8-14(13)21-16;;/h3-4,7-8,11-12,15,19H,1-2,5-6,9-10H2,(H,18,22)(H,20,21);2*1H. The zero-order valence-corrected chi connectivity index (χ0v) is 15.1. The molecular weight excluding hydrogens is 347 g/mol. The summed E-state index contributed by atoms with van der Waals surface area (Å²) in [4.78, 5) is 20.1. The van der Waals surface area contributed by atoms with Gasteiger partial charge >= 0.3 is 0 Å². The van der Waals surface area contributed by atoms with Crippen molar-refractivity contribution in [2.45, 2.75) is 50.7 Å². The average Bonchev–Trinajstić information content (AvgIpc) is 3.15. The Morgan fingerprint density at radius 3 is 2.79 bits per heavy atom. The van der Waals surface area contributed by atoms with Gasteiger partial charge in [-0.2, -0.15) is 0 Å². The van der Waals surface area contributed by atoms with Crippen molar-refractivity contribution < 1.29 is 4.79 Å². The molecule has 3 N–H and O–H groups in total. The number of fused-ring (bicyclic) bond motifs is 2. The molecule has 1 aromatic carbocycles. The fourth-order valence-corrected chi connectivity index (χ4v) is 3.90. The third kappa shape index (κ3) is 3.85. The molecule has 2 aliphatic rings. The molecule has 1 aliphatic carbocycles. The first kappa shape index (κ1) is 19.0. The fraction of sp³-hybridized carbons (Fsp3) is 0.529. The number of benzene rings is 1. The Morgan fingerprint density at radius 1 is 1.21 bits per heavy atom. The number of rotatable bonds is 3. The number of aromatic nitrogens is 2. The highest BCUT2D eigenvalue weighted by Gasteiger charge is 2.38. The van der Waals surface area contributed by atoms with Crippen LogP contribution in [0.25, 0.3) is 11.0 Å². The fourth-order valence-electron chi connectivity index (χ4n) is 3.90. The zero-order valence-electron chi connectivity index (χ0n) is 13.5. The molecule has 3 atom stereocenters. The summed E-state index contributed by atoms with van der Waals surface area (Å²) in [7, 11) is 0. The SMILES string of the molecule is Cl.Cl.O=C(NCc1nc2ccccc2[nH]1)C1CC2CCCCC2N1. The number of halogens is 2. The van der Waals surface area contributed by atoms with E-state index in [0.29, 0.717) is 18.5 Å². The average molecular weight is 371 g/mol. The lowest BCUT2D eigenvalue weighted by Crippen LogP contribution is -2.43. The smallest absolute Gasteiger partial charge is 0.237 e. The minimum atomic E-state index is -0.0301. The predicted octanol–water partition coefficient (Wildman–Crippen LogP) is 2.94. The van der Waals surface area contributed by atoms with Crippen molar-refractivity contribution in [2.24, 2.45) is 5.92 Å². The number of imidazole rings is 1. The quantitative estimate of drug-likeness (QED) is 0.777. The number of carbonyl (C=O) groups is 1. The molecule has 2 heterocycles. The molecule has 0 radical (unpaired) electrons. The Balaban J connectivity index is 0.00000104. The van der Waals surface area contributed by atoms with Crippen LogP contribution in [0, 0.1) is 5.92 Å². The van der Waals surface area contributed by atoms with Crippen molar-refractivity contribution in [3.8, 4) is 0 Å². The predicted molar refractivity (Wildman–Crippen MR) is 99.7 cm³/mol. The van der Waals surface area contributed by atoms with Crippen LogP contribution in [0.15, 0.2) is 24.3 Å². The monoisotopic (exact) mass is 370 g/mol. The van der Waals surface area contributed by atoms with Crippen molar-refractivity contribution in [3.63, 3.8) is 0 Å². The van der Waals surface area contributed by atoms with E-state index in [0.717, 1.165) is 23.3 Å². The molecule has 1 aromatic heterocycles. The number of para-hydroxylation sites is 2. The topological polar surface area (TPSA) is 69.8 Å². The summed E-state index contributed by atoms with van der Waals surface area (Å²) in [5.41, 5.74) is 1.95. The van der Waals surface area contributed by atoms with Crippen LogP contribution in [0.4, 0.5) is 0 Å². The van der Waals surface area contributed by atoms with Gasteiger partial charge in [-0.05, 0) is 37.3 Å². The summed E-state index contributed by atoms with van der Waals surface area (Å²) in [5, 5.41) is 6.53. The molecule has 24 heavy (non-hydrogen) atoms. The Hall–Kier alpha value is -1.30. The molecule has 5 nitrogen and oxygen atoms in total. The van der Waals surface area contributed by atoms with Crippen LogP contribution in [-0.2, 0) is 11.3 Å². The summed E-state index contributed by atoms with van der Waals surface area (Å²) in [6.45, 7) is 0.459. The first-order valence-electron chi connectivity index (χ1n) is 8.27. The van der Waals surface area contributed by atoms with Gasteiger partial charge in [-0.25, -0.2) is 4.98 Å². The van der Waals surface area contributed by atoms with E-state index in [2.05, 4.69) is 20.6 Å². The van der Waals surface area contributed by atoms with E-state index in [1.54, 1.807) is 0 Å². The molecule has 1 saturated heterocycles. The maximum Gasteiger partial charge on any atom is 0.237 e. The van der Waals surface area contributed by atoms with Gasteiger partial charge in [0.15, 0.2) is 0 Å². The number of nitrogens with zero attached hydrogens (tertiary/aromatic N) is 1. The lowest BCUT2D eigenvalue weighted by atomic mass is 9.85. The highest BCUT2D eigenvalue weighted by atomic mass is 35.5. The van der Waals surface area contributed by atoms with Gasteiger partial charge in [0, 0.05) is 6.04 Å². The summed E-state index contributed by atoms with van der Waals surface area (Å²) in [6.07, 6.45) is 6.08. The van der Waals surface area contributed by atoms with Crippen molar-refractivity contribution in [2.75, 3.05) is 0 Å². The molecule has 2 fully saturated rings. The van der Waals surface area contributed by atoms with Crippen molar-refractivity contribution in [1.82, 2.24) is 20.6 Å². The maximum atomic E-state index is 12.4. The van der Waals surface area contributed by atoms with Gasteiger partial charge in [-0.15, -0.1) is 24.8 Å². The third-order valence-electron chi connectivity index (χ3n) is 5.05. The van der Waals surface area contributed by atoms with Gasteiger partial charge in [0.1, 0.15) is 5.82 Å². The first-order valence-corrected chi connectivity index (χ1v) is 8.27. The maximum absolute atomic E-state index is 12.4. The minimum absolute atomic E-state index is 0. The Kier molecular flexibility index (Phi) is 6.49. The molecular formula is C17H24Cl2N4O. The van der Waals surface area contributed by atoms with Crippen LogP contribution >= 0.6 is 24.8 Å². The lowest BCUT2D eigenvalue weighted by Gasteiger charge is -2.24. The van der Waals surface area contributed by atoms with Gasteiger partial charge < -0.3 is 15.6 Å². The van der Waals surface area contributed by atoms with Gasteiger partial charge in [0.25, 0.3) is 0 Å². The summed E-state index contributed by atoms with van der Waals surface area (Å²) in [6, 6.07) is 8.44. The molecule has 0 bridgehead atoms. The number of H-pyrrole nitrogens is 1. The lowest BCUT2D eigenvalue weighted by molar-refractivity contribution is -0.123. The number of amides is 1. The second-order valence-electron chi connectivity index (χ2n) is 6.52. The molecule has 2 aromatic rings. The van der Waals surface area contributed by atoms with E-state index in [1.165, 1.54) is 25.7 Å². The summed E-state index contributed by atoms with van der Waals surface area (Å²) >= 11 is 0. The van der Waals surface area contributed by atoms with E-state index < -0.39 is 0 Å². The number of hydrogen-bond acceptors (Lipinski definition) is 3. The molecule has 1 saturated carbocycles. The van der Waals surface area contributed by atoms with Crippen molar-refractivity contribution in [3.05, 3.63) is 30.1 Å². The second-order valence-corrected chi connectivity index (χ2v) is 6.52. The Bertz CT molecular complexity index is 643. The van der Waals surface area contributed by atoms with Crippen LogP contribution in [0.3, 0.4) is 0 Å². The highest BCUT2D eigenvalue weighted by molar-refractivity contribution is 5.85. The molecule has 132 valence electrons.